The van der Waals surface area contributed by atoms with Crippen LogP contribution in [0.4, 0.5) is 5.69 Å². The highest BCUT2D eigenvalue weighted by Gasteiger charge is 2.18. The SMILES string of the molecule is Cc1ccc(C)c(N2CCN(Cc3cccc(Br)c3)CC2)c1. The van der Waals surface area contributed by atoms with E-state index in [-0.39, 0.29) is 0 Å². The third-order valence-electron chi connectivity index (χ3n) is 4.37. The molecule has 3 heteroatoms. The molecule has 1 heterocycles. The summed E-state index contributed by atoms with van der Waals surface area (Å²) < 4.78 is 1.17. The number of piperazine rings is 1. The molecule has 0 saturated carbocycles. The minimum atomic E-state index is 1.04. The zero-order valence-electron chi connectivity index (χ0n) is 13.3. The third-order valence-corrected chi connectivity index (χ3v) is 4.87. The van der Waals surface area contributed by atoms with Crippen LogP contribution in [0.15, 0.2) is 46.9 Å². The van der Waals surface area contributed by atoms with Gasteiger partial charge in [-0.1, -0.05) is 40.2 Å². The van der Waals surface area contributed by atoms with Gasteiger partial charge in [-0.25, -0.2) is 0 Å². The van der Waals surface area contributed by atoms with E-state index in [1.165, 1.54) is 26.9 Å². The normalized spacial score (nSPS) is 16.0. The molecule has 22 heavy (non-hydrogen) atoms. The lowest BCUT2D eigenvalue weighted by Gasteiger charge is -2.37. The molecular weight excluding hydrogens is 336 g/mol. The molecule has 1 saturated heterocycles. The number of halogens is 1. The Morgan fingerprint density at radius 2 is 1.73 bits per heavy atom. The molecule has 0 radical (unpaired) electrons. The van der Waals surface area contributed by atoms with E-state index in [0.717, 1.165) is 32.7 Å². The smallest absolute Gasteiger partial charge is 0.0399 e. The Morgan fingerprint density at radius 3 is 2.45 bits per heavy atom. The first-order valence-corrected chi connectivity index (χ1v) is 8.70. The van der Waals surface area contributed by atoms with Crippen LogP contribution in [-0.4, -0.2) is 31.1 Å². The highest BCUT2D eigenvalue weighted by Crippen LogP contribution is 2.23. The summed E-state index contributed by atoms with van der Waals surface area (Å²) in [5.74, 6) is 0. The highest BCUT2D eigenvalue weighted by atomic mass is 79.9. The third kappa shape index (κ3) is 3.71. The Kier molecular flexibility index (Phi) is 4.84. The molecule has 0 spiro atoms. The lowest BCUT2D eigenvalue weighted by atomic mass is 10.1. The van der Waals surface area contributed by atoms with Crippen molar-refractivity contribution in [1.82, 2.24) is 4.90 Å². The van der Waals surface area contributed by atoms with Gasteiger partial charge in [0.25, 0.3) is 0 Å². The monoisotopic (exact) mass is 358 g/mol. The Hall–Kier alpha value is -1.32. The van der Waals surface area contributed by atoms with Gasteiger partial charge in [-0.3, -0.25) is 4.90 Å². The minimum absolute atomic E-state index is 1.04. The van der Waals surface area contributed by atoms with Crippen LogP contribution < -0.4 is 4.90 Å². The summed E-state index contributed by atoms with van der Waals surface area (Å²) >= 11 is 3.56. The molecule has 3 rings (SSSR count). The number of hydrogen-bond donors (Lipinski definition) is 0. The molecule has 0 aliphatic carbocycles. The van der Waals surface area contributed by atoms with E-state index >= 15 is 0 Å². The molecule has 1 fully saturated rings. The predicted molar refractivity (Wildman–Crippen MR) is 97.5 cm³/mol. The van der Waals surface area contributed by atoms with E-state index in [9.17, 15) is 0 Å². The van der Waals surface area contributed by atoms with Gasteiger partial charge in [0.2, 0.25) is 0 Å². The lowest BCUT2D eigenvalue weighted by molar-refractivity contribution is 0.250. The van der Waals surface area contributed by atoms with Crippen LogP contribution in [0.1, 0.15) is 16.7 Å². The fraction of sp³-hybridized carbons (Fsp3) is 0.368. The maximum atomic E-state index is 3.56. The first-order valence-electron chi connectivity index (χ1n) is 7.91. The Balaban J connectivity index is 1.61. The number of benzene rings is 2. The second-order valence-corrected chi connectivity index (χ2v) is 7.10. The maximum Gasteiger partial charge on any atom is 0.0399 e. The molecule has 0 N–H and O–H groups in total. The number of nitrogens with zero attached hydrogens (tertiary/aromatic N) is 2. The second kappa shape index (κ2) is 6.84. The van der Waals surface area contributed by atoms with E-state index in [1.54, 1.807) is 0 Å². The molecule has 0 amide bonds. The minimum Gasteiger partial charge on any atom is -0.369 e. The van der Waals surface area contributed by atoms with E-state index in [1.807, 2.05) is 0 Å². The average Bonchev–Trinajstić information content (AvgIpc) is 2.51. The van der Waals surface area contributed by atoms with Crippen molar-refractivity contribution in [3.63, 3.8) is 0 Å². The highest BCUT2D eigenvalue weighted by molar-refractivity contribution is 9.10. The molecule has 0 aromatic heterocycles. The molecule has 1 aliphatic heterocycles. The lowest BCUT2D eigenvalue weighted by Crippen LogP contribution is -2.46. The Labute approximate surface area is 141 Å². The van der Waals surface area contributed by atoms with Gasteiger partial charge in [0.15, 0.2) is 0 Å². The van der Waals surface area contributed by atoms with Crippen LogP contribution in [0.5, 0.6) is 0 Å². The van der Waals surface area contributed by atoms with Crippen molar-refractivity contribution in [3.05, 3.63) is 63.6 Å². The van der Waals surface area contributed by atoms with Gasteiger partial charge in [0, 0.05) is 42.9 Å². The zero-order chi connectivity index (χ0) is 15.5. The molecule has 2 nitrogen and oxygen atoms in total. The van der Waals surface area contributed by atoms with Crippen LogP contribution in [0, 0.1) is 13.8 Å². The molecule has 0 unspecified atom stereocenters. The van der Waals surface area contributed by atoms with Crippen molar-refractivity contribution in [2.24, 2.45) is 0 Å². The summed E-state index contributed by atoms with van der Waals surface area (Å²) in [6.45, 7) is 9.89. The first-order chi connectivity index (χ1) is 10.6. The fourth-order valence-electron chi connectivity index (χ4n) is 3.10. The van der Waals surface area contributed by atoms with Crippen LogP contribution in [0.3, 0.4) is 0 Å². The Morgan fingerprint density at radius 1 is 0.955 bits per heavy atom. The molecule has 116 valence electrons. The molecular formula is C19H23BrN2. The van der Waals surface area contributed by atoms with Crippen LogP contribution in [0.2, 0.25) is 0 Å². The molecule has 0 bridgehead atoms. The van der Waals surface area contributed by atoms with E-state index in [0.29, 0.717) is 0 Å². The van der Waals surface area contributed by atoms with Gasteiger partial charge >= 0.3 is 0 Å². The average molecular weight is 359 g/mol. The van der Waals surface area contributed by atoms with E-state index < -0.39 is 0 Å². The van der Waals surface area contributed by atoms with E-state index in [4.69, 9.17) is 0 Å². The summed E-state index contributed by atoms with van der Waals surface area (Å²) in [5.41, 5.74) is 5.51. The van der Waals surface area contributed by atoms with E-state index in [2.05, 4.69) is 82.0 Å². The number of anilines is 1. The fourth-order valence-corrected chi connectivity index (χ4v) is 3.55. The predicted octanol–water partition coefficient (Wildman–Crippen LogP) is 4.39. The Bertz CT molecular complexity index is 646. The van der Waals surface area contributed by atoms with Crippen LogP contribution >= 0.6 is 15.9 Å². The maximum absolute atomic E-state index is 3.56. The summed E-state index contributed by atoms with van der Waals surface area (Å²) in [7, 11) is 0. The van der Waals surface area contributed by atoms with Crippen LogP contribution in [-0.2, 0) is 6.54 Å². The second-order valence-electron chi connectivity index (χ2n) is 6.18. The number of aryl methyl sites for hydroxylation is 2. The van der Waals surface area contributed by atoms with Crippen molar-refractivity contribution in [3.8, 4) is 0 Å². The van der Waals surface area contributed by atoms with Crippen LogP contribution in [0.25, 0.3) is 0 Å². The zero-order valence-corrected chi connectivity index (χ0v) is 14.9. The van der Waals surface area contributed by atoms with Gasteiger partial charge in [0.1, 0.15) is 0 Å². The van der Waals surface area contributed by atoms with Crippen molar-refractivity contribution >= 4 is 21.6 Å². The molecule has 2 aromatic rings. The topological polar surface area (TPSA) is 6.48 Å². The number of hydrogen-bond acceptors (Lipinski definition) is 2. The summed E-state index contributed by atoms with van der Waals surface area (Å²) in [6.07, 6.45) is 0. The van der Waals surface area contributed by atoms with Gasteiger partial charge < -0.3 is 4.90 Å². The molecule has 1 aliphatic rings. The molecule has 0 atom stereocenters. The standard InChI is InChI=1S/C19H23BrN2/c1-15-6-7-16(2)19(12-15)22-10-8-21(9-11-22)14-17-4-3-5-18(20)13-17/h3-7,12-13H,8-11,14H2,1-2H3. The molecule has 2 aromatic carbocycles. The van der Waals surface area contributed by atoms with Crippen molar-refractivity contribution in [1.29, 1.82) is 0 Å². The summed E-state index contributed by atoms with van der Waals surface area (Å²) in [4.78, 5) is 5.07. The first kappa shape index (κ1) is 15.6. The van der Waals surface area contributed by atoms with Crippen molar-refractivity contribution < 1.29 is 0 Å². The van der Waals surface area contributed by atoms with Crippen molar-refractivity contribution in [2.75, 3.05) is 31.1 Å². The van der Waals surface area contributed by atoms with Gasteiger partial charge in [-0.15, -0.1) is 0 Å². The van der Waals surface area contributed by atoms with Crippen molar-refractivity contribution in [2.45, 2.75) is 20.4 Å². The van der Waals surface area contributed by atoms with Gasteiger partial charge in [0.05, 0.1) is 0 Å². The largest absolute Gasteiger partial charge is 0.369 e. The summed E-state index contributed by atoms with van der Waals surface area (Å²) in [6, 6.07) is 15.4. The summed E-state index contributed by atoms with van der Waals surface area (Å²) in [5, 5.41) is 0. The number of rotatable bonds is 3. The van der Waals surface area contributed by atoms with Gasteiger partial charge in [-0.2, -0.15) is 0 Å². The van der Waals surface area contributed by atoms with Gasteiger partial charge in [-0.05, 0) is 48.7 Å². The quantitative estimate of drug-likeness (QED) is 0.802.